The van der Waals surface area contributed by atoms with Gasteiger partial charge >= 0.3 is 5.97 Å². The monoisotopic (exact) mass is 346 g/mol. The number of carboxylic acid groups (broad SMARTS) is 1. The number of nitrogens with one attached hydrogen (secondary N) is 1. The summed E-state index contributed by atoms with van der Waals surface area (Å²) in [6, 6.07) is 5.18. The van der Waals surface area contributed by atoms with Crippen LogP contribution < -0.4 is 4.72 Å². The number of likely N-dealkylation sites (tertiary alicyclic amines) is 1. The van der Waals surface area contributed by atoms with Crippen LogP contribution in [-0.4, -0.2) is 54.7 Å². The van der Waals surface area contributed by atoms with Crippen LogP contribution in [0.5, 0.6) is 0 Å². The van der Waals surface area contributed by atoms with Gasteiger partial charge in [-0.15, -0.1) is 0 Å². The Morgan fingerprint density at radius 3 is 2.59 bits per heavy atom. The van der Waals surface area contributed by atoms with Crippen LogP contribution in [0, 0.1) is 0 Å². The summed E-state index contributed by atoms with van der Waals surface area (Å²) in [4.78, 5) is 24.2. The van der Waals surface area contributed by atoms with Crippen molar-refractivity contribution in [3.63, 3.8) is 0 Å². The van der Waals surface area contributed by atoms with Crippen molar-refractivity contribution in [1.82, 2.24) is 9.62 Å². The van der Waals surface area contributed by atoms with E-state index in [0.29, 0.717) is 10.6 Å². The molecular weight excluding hydrogens is 332 g/mol. The van der Waals surface area contributed by atoms with Crippen LogP contribution in [0.3, 0.4) is 0 Å². The molecule has 1 saturated heterocycles. The smallest absolute Gasteiger partial charge is 0.321 e. The summed E-state index contributed by atoms with van der Waals surface area (Å²) in [5.74, 6) is -1.56. The Kier molecular flexibility index (Phi) is 4.74. The Morgan fingerprint density at radius 1 is 1.41 bits per heavy atom. The Labute approximate surface area is 132 Å². The van der Waals surface area contributed by atoms with Crippen molar-refractivity contribution >= 4 is 33.5 Å². The van der Waals surface area contributed by atoms with Gasteiger partial charge in [-0.1, -0.05) is 17.7 Å². The molecule has 1 fully saturated rings. The van der Waals surface area contributed by atoms with Gasteiger partial charge in [0.1, 0.15) is 11.3 Å². The van der Waals surface area contributed by atoms with Gasteiger partial charge in [-0.25, -0.2) is 13.1 Å². The van der Waals surface area contributed by atoms with Crippen molar-refractivity contribution in [2.24, 2.45) is 0 Å². The largest absolute Gasteiger partial charge is 0.480 e. The lowest BCUT2D eigenvalue weighted by Gasteiger charge is -2.38. The molecule has 2 N–H and O–H groups in total. The topological polar surface area (TPSA) is 104 Å². The summed E-state index contributed by atoms with van der Waals surface area (Å²) in [5.41, 5.74) is 0.384. The first-order chi connectivity index (χ1) is 10.2. The molecule has 1 amide bonds. The van der Waals surface area contributed by atoms with E-state index in [0.717, 1.165) is 0 Å². The number of carbonyl (C=O) groups excluding carboxylic acids is 1. The van der Waals surface area contributed by atoms with Crippen molar-refractivity contribution in [3.8, 4) is 0 Å². The maximum Gasteiger partial charge on any atom is 0.321 e. The van der Waals surface area contributed by atoms with Crippen LogP contribution in [0.1, 0.15) is 17.3 Å². The maximum absolute atomic E-state index is 12.1. The van der Waals surface area contributed by atoms with E-state index in [9.17, 15) is 18.0 Å². The quantitative estimate of drug-likeness (QED) is 0.810. The van der Waals surface area contributed by atoms with Gasteiger partial charge in [-0.05, 0) is 25.1 Å². The second-order valence-corrected chi connectivity index (χ2v) is 7.49. The van der Waals surface area contributed by atoms with Crippen molar-refractivity contribution in [2.45, 2.75) is 18.2 Å². The second-order valence-electron chi connectivity index (χ2n) is 5.07. The average Bonchev–Trinajstić information content (AvgIpc) is 2.35. The fraction of sp³-hybridized carbons (Fsp3) is 0.385. The van der Waals surface area contributed by atoms with E-state index in [1.165, 1.54) is 17.9 Å². The number of rotatable bonds is 5. The van der Waals surface area contributed by atoms with E-state index in [2.05, 4.69) is 4.72 Å². The molecule has 1 heterocycles. The number of amides is 1. The molecule has 0 bridgehead atoms. The SMILES string of the molecule is C[C@@H](NS(=O)(=O)C1CN(C(=O)c2cccc(Cl)c2)C1)C(=O)O. The molecular formula is C13H15ClN2O5S. The Morgan fingerprint density at radius 2 is 2.05 bits per heavy atom. The number of hydrogen-bond donors (Lipinski definition) is 2. The zero-order valence-corrected chi connectivity index (χ0v) is 13.3. The molecule has 1 aliphatic heterocycles. The van der Waals surface area contributed by atoms with Crippen LogP contribution in [0.25, 0.3) is 0 Å². The fourth-order valence-electron chi connectivity index (χ4n) is 2.00. The van der Waals surface area contributed by atoms with Gasteiger partial charge in [0.25, 0.3) is 5.91 Å². The van der Waals surface area contributed by atoms with E-state index < -0.39 is 27.3 Å². The van der Waals surface area contributed by atoms with E-state index in [4.69, 9.17) is 16.7 Å². The molecule has 1 atom stereocenters. The molecule has 22 heavy (non-hydrogen) atoms. The van der Waals surface area contributed by atoms with Gasteiger partial charge in [-0.3, -0.25) is 9.59 Å². The molecule has 7 nitrogen and oxygen atoms in total. The van der Waals surface area contributed by atoms with Gasteiger partial charge in [0.2, 0.25) is 10.0 Å². The Bertz CT molecular complexity index is 700. The Balaban J connectivity index is 1.97. The molecule has 0 radical (unpaired) electrons. The predicted octanol–water partition coefficient (Wildman–Crippen LogP) is 0.557. The highest BCUT2D eigenvalue weighted by Crippen LogP contribution is 2.20. The molecule has 1 aromatic carbocycles. The highest BCUT2D eigenvalue weighted by atomic mass is 35.5. The maximum atomic E-state index is 12.1. The van der Waals surface area contributed by atoms with E-state index in [-0.39, 0.29) is 19.0 Å². The lowest BCUT2D eigenvalue weighted by molar-refractivity contribution is -0.138. The summed E-state index contributed by atoms with van der Waals surface area (Å²) in [5, 5.41) is 8.34. The molecule has 9 heteroatoms. The van der Waals surface area contributed by atoms with Gasteiger partial charge in [0, 0.05) is 23.7 Å². The molecule has 0 saturated carbocycles. The lowest BCUT2D eigenvalue weighted by Crippen LogP contribution is -2.60. The van der Waals surface area contributed by atoms with Crippen molar-refractivity contribution in [3.05, 3.63) is 34.9 Å². The number of hydrogen-bond acceptors (Lipinski definition) is 4. The third-order valence-corrected chi connectivity index (χ3v) is 5.45. The number of benzene rings is 1. The highest BCUT2D eigenvalue weighted by Gasteiger charge is 2.41. The molecule has 120 valence electrons. The van der Waals surface area contributed by atoms with Gasteiger partial charge < -0.3 is 10.0 Å². The number of aliphatic carboxylic acids is 1. The number of halogens is 1. The summed E-state index contributed by atoms with van der Waals surface area (Å²) in [7, 11) is -3.78. The van der Waals surface area contributed by atoms with Gasteiger partial charge in [0.15, 0.2) is 0 Å². The van der Waals surface area contributed by atoms with Gasteiger partial charge in [-0.2, -0.15) is 0 Å². The molecule has 1 aliphatic rings. The third kappa shape index (κ3) is 3.57. The van der Waals surface area contributed by atoms with Crippen LogP contribution in [0.4, 0.5) is 0 Å². The first kappa shape index (κ1) is 16.7. The first-order valence-electron chi connectivity index (χ1n) is 6.49. The molecule has 1 aromatic rings. The van der Waals surface area contributed by atoms with Crippen LogP contribution in [0.15, 0.2) is 24.3 Å². The van der Waals surface area contributed by atoms with E-state index >= 15 is 0 Å². The van der Waals surface area contributed by atoms with Crippen molar-refractivity contribution in [2.75, 3.05) is 13.1 Å². The standard InChI is InChI=1S/C13H15ClN2O5S/c1-8(13(18)19)15-22(20,21)11-6-16(7-11)12(17)9-3-2-4-10(14)5-9/h2-5,8,11,15H,6-7H2,1H3,(H,18,19)/t8-/m1/s1. The second kappa shape index (κ2) is 6.23. The molecule has 0 aromatic heterocycles. The highest BCUT2D eigenvalue weighted by molar-refractivity contribution is 7.90. The summed E-state index contributed by atoms with van der Waals surface area (Å²) >= 11 is 5.81. The Hall–Kier alpha value is -1.64. The normalized spacial score (nSPS) is 16.9. The minimum absolute atomic E-state index is 0.0209. The lowest BCUT2D eigenvalue weighted by atomic mass is 10.1. The van der Waals surface area contributed by atoms with E-state index in [1.807, 2.05) is 0 Å². The summed E-state index contributed by atoms with van der Waals surface area (Å²) < 4.78 is 26.0. The average molecular weight is 347 g/mol. The molecule has 0 unspecified atom stereocenters. The number of carbonyl (C=O) groups is 2. The van der Waals surface area contributed by atoms with Crippen molar-refractivity contribution in [1.29, 1.82) is 0 Å². The zero-order valence-electron chi connectivity index (χ0n) is 11.7. The van der Waals surface area contributed by atoms with Crippen LogP contribution in [-0.2, 0) is 14.8 Å². The van der Waals surface area contributed by atoms with E-state index in [1.54, 1.807) is 18.2 Å². The van der Waals surface area contributed by atoms with Gasteiger partial charge in [0.05, 0.1) is 0 Å². The molecule has 2 rings (SSSR count). The third-order valence-electron chi connectivity index (χ3n) is 3.36. The summed E-state index contributed by atoms with van der Waals surface area (Å²) in [6.07, 6.45) is 0. The van der Waals surface area contributed by atoms with Crippen LogP contribution >= 0.6 is 11.6 Å². The zero-order chi connectivity index (χ0) is 16.5. The van der Waals surface area contributed by atoms with Crippen LogP contribution in [0.2, 0.25) is 5.02 Å². The summed E-state index contributed by atoms with van der Waals surface area (Å²) in [6.45, 7) is 1.29. The minimum atomic E-state index is -3.78. The first-order valence-corrected chi connectivity index (χ1v) is 8.42. The number of nitrogens with zero attached hydrogens (tertiary/aromatic N) is 1. The molecule has 0 aliphatic carbocycles. The fourth-order valence-corrected chi connectivity index (χ4v) is 3.73. The molecule has 0 spiro atoms. The number of sulfonamides is 1. The number of carboxylic acids is 1. The van der Waals surface area contributed by atoms with Crippen molar-refractivity contribution < 1.29 is 23.1 Å². The minimum Gasteiger partial charge on any atom is -0.480 e. The predicted molar refractivity (Wildman–Crippen MR) is 80.3 cm³/mol.